The number of pyridine rings is 1. The molecule has 1 saturated heterocycles. The molecule has 1 aromatic carbocycles. The Balaban J connectivity index is 1.14. The van der Waals surface area contributed by atoms with E-state index in [1.807, 2.05) is 0 Å². The molecule has 3 aliphatic rings. The molecular formula is C28H38N2O3. The molecular weight excluding hydrogens is 412 g/mol. The Morgan fingerprint density at radius 1 is 1.09 bits per heavy atom. The predicted molar refractivity (Wildman–Crippen MR) is 130 cm³/mol. The summed E-state index contributed by atoms with van der Waals surface area (Å²) in [6, 6.07) is 10.6. The van der Waals surface area contributed by atoms with Gasteiger partial charge in [0.1, 0.15) is 5.75 Å². The first-order chi connectivity index (χ1) is 15.8. The number of benzene rings is 1. The van der Waals surface area contributed by atoms with Crippen molar-refractivity contribution in [2.45, 2.75) is 77.9 Å². The van der Waals surface area contributed by atoms with E-state index in [1.165, 1.54) is 19.3 Å². The van der Waals surface area contributed by atoms with E-state index in [9.17, 15) is 9.90 Å². The van der Waals surface area contributed by atoms with Crippen molar-refractivity contribution in [1.29, 1.82) is 0 Å². The summed E-state index contributed by atoms with van der Waals surface area (Å²) in [5, 5.41) is 10.5. The Morgan fingerprint density at radius 3 is 2.64 bits per heavy atom. The van der Waals surface area contributed by atoms with E-state index in [0.717, 1.165) is 74.1 Å². The highest BCUT2D eigenvalue weighted by atomic mass is 16.5. The summed E-state index contributed by atoms with van der Waals surface area (Å²) in [6.07, 6.45) is 9.04. The number of rotatable bonds is 6. The van der Waals surface area contributed by atoms with Crippen LogP contribution >= 0.6 is 0 Å². The fourth-order valence-electron chi connectivity index (χ4n) is 6.14. The molecule has 2 heterocycles. The van der Waals surface area contributed by atoms with Gasteiger partial charge in [0.25, 0.3) is 0 Å². The normalized spacial score (nSPS) is 26.7. The molecule has 0 radical (unpaired) electrons. The number of hydrogen-bond donors (Lipinski definition) is 1. The molecule has 2 aromatic rings. The van der Waals surface area contributed by atoms with Crippen LogP contribution in [-0.2, 0) is 11.3 Å². The molecule has 5 rings (SSSR count). The maximum atomic E-state index is 11.4. The molecule has 1 aromatic heterocycles. The molecule has 178 valence electrons. The van der Waals surface area contributed by atoms with E-state index < -0.39 is 5.97 Å². The second kappa shape index (κ2) is 9.25. The van der Waals surface area contributed by atoms with Crippen molar-refractivity contribution in [3.63, 3.8) is 0 Å². The summed E-state index contributed by atoms with van der Waals surface area (Å²) in [7, 11) is 0. The lowest BCUT2D eigenvalue weighted by atomic mass is 9.72. The number of carbonyl (C=O) groups is 1. The molecule has 2 saturated carbocycles. The molecule has 5 heteroatoms. The average molecular weight is 451 g/mol. The van der Waals surface area contributed by atoms with Crippen molar-refractivity contribution in [3.8, 4) is 5.75 Å². The molecule has 2 atom stereocenters. The highest BCUT2D eigenvalue weighted by Crippen LogP contribution is 2.39. The number of hydrogen-bond acceptors (Lipinski definition) is 4. The van der Waals surface area contributed by atoms with E-state index in [2.05, 4.69) is 49.1 Å². The van der Waals surface area contributed by atoms with Crippen molar-refractivity contribution >= 4 is 16.9 Å². The fraction of sp³-hybridized carbons (Fsp3) is 0.643. The van der Waals surface area contributed by atoms with E-state index in [1.54, 1.807) is 0 Å². The van der Waals surface area contributed by atoms with Crippen LogP contribution in [0.2, 0.25) is 0 Å². The Hall–Kier alpha value is -2.14. The zero-order chi connectivity index (χ0) is 23.0. The van der Waals surface area contributed by atoms with Crippen LogP contribution in [0.25, 0.3) is 10.9 Å². The number of likely N-dealkylation sites (tertiary alicyclic amines) is 1. The van der Waals surface area contributed by atoms with Crippen LogP contribution < -0.4 is 4.74 Å². The van der Waals surface area contributed by atoms with Gasteiger partial charge in [0.05, 0.1) is 23.2 Å². The first kappa shape index (κ1) is 22.6. The SMILES string of the molecule is CC1(C)CCC(Oc2ccc3nc(CN4CC([C@H]5CCC[C@@H](C(=O)O)C5)C4)ccc3c2)CC1. The number of ether oxygens (including phenoxy) is 1. The minimum Gasteiger partial charge on any atom is -0.490 e. The number of aromatic nitrogens is 1. The Bertz CT molecular complexity index is 988. The summed E-state index contributed by atoms with van der Waals surface area (Å²) >= 11 is 0. The molecule has 1 N–H and O–H groups in total. The van der Waals surface area contributed by atoms with Gasteiger partial charge >= 0.3 is 5.97 Å². The third-order valence-corrected chi connectivity index (χ3v) is 8.41. The van der Waals surface area contributed by atoms with Crippen molar-refractivity contribution < 1.29 is 14.6 Å². The quantitative estimate of drug-likeness (QED) is 0.593. The zero-order valence-electron chi connectivity index (χ0n) is 20.1. The van der Waals surface area contributed by atoms with E-state index in [0.29, 0.717) is 23.4 Å². The second-order valence-corrected chi connectivity index (χ2v) is 11.6. The van der Waals surface area contributed by atoms with Gasteiger partial charge in [-0.25, -0.2) is 0 Å². The lowest BCUT2D eigenvalue weighted by molar-refractivity contribution is -0.144. The second-order valence-electron chi connectivity index (χ2n) is 11.6. The van der Waals surface area contributed by atoms with Gasteiger partial charge in [0.15, 0.2) is 0 Å². The minimum absolute atomic E-state index is 0.126. The molecule has 3 fully saturated rings. The van der Waals surface area contributed by atoms with Crippen LogP contribution in [0.5, 0.6) is 5.75 Å². The summed E-state index contributed by atoms with van der Waals surface area (Å²) < 4.78 is 6.30. The Labute approximate surface area is 197 Å². The van der Waals surface area contributed by atoms with Crippen molar-refractivity contribution in [1.82, 2.24) is 9.88 Å². The van der Waals surface area contributed by atoms with E-state index >= 15 is 0 Å². The number of aliphatic carboxylic acids is 1. The van der Waals surface area contributed by atoms with Crippen LogP contribution in [0, 0.1) is 23.2 Å². The third kappa shape index (κ3) is 5.34. The molecule has 0 spiro atoms. The van der Waals surface area contributed by atoms with Gasteiger partial charge in [0.2, 0.25) is 0 Å². The molecule has 2 aliphatic carbocycles. The summed E-state index contributed by atoms with van der Waals surface area (Å²) in [6.45, 7) is 7.72. The van der Waals surface area contributed by atoms with E-state index in [-0.39, 0.29) is 5.92 Å². The first-order valence-electron chi connectivity index (χ1n) is 12.9. The number of nitrogens with zero attached hydrogens (tertiary/aromatic N) is 2. The molecule has 5 nitrogen and oxygen atoms in total. The smallest absolute Gasteiger partial charge is 0.306 e. The maximum Gasteiger partial charge on any atom is 0.306 e. The third-order valence-electron chi connectivity index (χ3n) is 8.41. The standard InChI is InChI=1S/C28H38N2O3/c1-28(2)12-10-24(11-13-28)33-25-8-9-26-20(15-25)6-7-23(29-26)18-30-16-22(17-30)19-4-3-5-21(14-19)27(31)32/h6-9,15,19,21-22,24H,3-5,10-14,16-18H2,1-2H3,(H,31,32)/t19-,21+/m0/s1. The number of fused-ring (bicyclic) bond motifs is 1. The predicted octanol–water partition coefficient (Wildman–Crippen LogP) is 5.91. The summed E-state index contributed by atoms with van der Waals surface area (Å²) in [5.41, 5.74) is 2.59. The Kier molecular flexibility index (Phi) is 6.34. The summed E-state index contributed by atoms with van der Waals surface area (Å²) in [5.74, 6) is 1.46. The van der Waals surface area contributed by atoms with Gasteiger partial charge < -0.3 is 9.84 Å². The first-order valence-corrected chi connectivity index (χ1v) is 12.9. The van der Waals surface area contributed by atoms with Gasteiger partial charge in [-0.2, -0.15) is 0 Å². The highest BCUT2D eigenvalue weighted by molar-refractivity contribution is 5.80. The van der Waals surface area contributed by atoms with Crippen molar-refractivity contribution in [3.05, 3.63) is 36.0 Å². The van der Waals surface area contributed by atoms with Crippen molar-refractivity contribution in [2.24, 2.45) is 23.2 Å². The fourth-order valence-corrected chi connectivity index (χ4v) is 6.14. The van der Waals surface area contributed by atoms with Crippen molar-refractivity contribution in [2.75, 3.05) is 13.1 Å². The molecule has 0 bridgehead atoms. The summed E-state index contributed by atoms with van der Waals surface area (Å²) in [4.78, 5) is 18.7. The average Bonchev–Trinajstić information content (AvgIpc) is 2.77. The maximum absolute atomic E-state index is 11.4. The van der Waals surface area contributed by atoms with Gasteiger partial charge in [-0.1, -0.05) is 32.8 Å². The lowest BCUT2D eigenvalue weighted by Crippen LogP contribution is -2.50. The lowest BCUT2D eigenvalue weighted by Gasteiger charge is -2.45. The van der Waals surface area contributed by atoms with Crippen LogP contribution in [0.3, 0.4) is 0 Å². The van der Waals surface area contributed by atoms with Gasteiger partial charge in [0, 0.05) is 25.0 Å². The molecule has 0 amide bonds. The highest BCUT2D eigenvalue weighted by Gasteiger charge is 2.37. The van der Waals surface area contributed by atoms with Gasteiger partial charge in [-0.3, -0.25) is 14.7 Å². The van der Waals surface area contributed by atoms with E-state index in [4.69, 9.17) is 9.72 Å². The minimum atomic E-state index is -0.604. The topological polar surface area (TPSA) is 62.7 Å². The van der Waals surface area contributed by atoms with Crippen LogP contribution in [0.1, 0.15) is 70.9 Å². The molecule has 0 unspecified atom stereocenters. The van der Waals surface area contributed by atoms with Crippen LogP contribution in [-0.4, -0.2) is 40.2 Å². The van der Waals surface area contributed by atoms with Crippen LogP contribution in [0.15, 0.2) is 30.3 Å². The number of carboxylic acids is 1. The Morgan fingerprint density at radius 2 is 1.88 bits per heavy atom. The largest absolute Gasteiger partial charge is 0.490 e. The number of carboxylic acid groups (broad SMARTS) is 1. The van der Waals surface area contributed by atoms with Gasteiger partial charge in [-0.05, 0) is 80.0 Å². The van der Waals surface area contributed by atoms with Crippen LogP contribution in [0.4, 0.5) is 0 Å². The monoisotopic (exact) mass is 450 g/mol. The molecule has 33 heavy (non-hydrogen) atoms. The van der Waals surface area contributed by atoms with Gasteiger partial charge in [-0.15, -0.1) is 0 Å². The zero-order valence-corrected chi connectivity index (χ0v) is 20.1. The molecule has 1 aliphatic heterocycles.